The van der Waals surface area contributed by atoms with Crippen LogP contribution in [-0.2, 0) is 10.0 Å². The van der Waals surface area contributed by atoms with Crippen molar-refractivity contribution in [3.8, 4) is 10.6 Å². The molecule has 0 amide bonds. The maximum Gasteiger partial charge on any atom is 0.211 e. The fourth-order valence-corrected chi connectivity index (χ4v) is 4.18. The van der Waals surface area contributed by atoms with E-state index in [9.17, 15) is 8.42 Å². The summed E-state index contributed by atoms with van der Waals surface area (Å²) in [5.41, 5.74) is 1.61. The molecule has 1 fully saturated rings. The average Bonchev–Trinajstić information content (AvgIpc) is 3.06. The van der Waals surface area contributed by atoms with Crippen LogP contribution in [0.2, 0.25) is 0 Å². The van der Waals surface area contributed by atoms with E-state index < -0.39 is 10.0 Å². The summed E-state index contributed by atoms with van der Waals surface area (Å²) in [4.78, 5) is 0.843. The molecule has 114 valence electrons. The van der Waals surface area contributed by atoms with Crippen LogP contribution in [0.4, 0.5) is 0 Å². The van der Waals surface area contributed by atoms with E-state index >= 15 is 0 Å². The van der Waals surface area contributed by atoms with E-state index in [4.69, 9.17) is 4.52 Å². The molecule has 0 aliphatic carbocycles. The fourth-order valence-electron chi connectivity index (χ4n) is 2.57. The zero-order valence-corrected chi connectivity index (χ0v) is 13.4. The maximum atomic E-state index is 11.7. The van der Waals surface area contributed by atoms with Crippen molar-refractivity contribution in [3.05, 3.63) is 17.5 Å². The zero-order chi connectivity index (χ0) is 15.0. The molecule has 0 saturated carbocycles. The second-order valence-electron chi connectivity index (χ2n) is 5.28. The number of hydrogen-bond acceptors (Lipinski definition) is 7. The van der Waals surface area contributed by atoms with E-state index in [1.54, 1.807) is 0 Å². The van der Waals surface area contributed by atoms with E-state index in [1.807, 2.05) is 13.0 Å². The molecule has 3 rings (SSSR count). The van der Waals surface area contributed by atoms with Gasteiger partial charge in [0, 0.05) is 25.1 Å². The van der Waals surface area contributed by atoms with E-state index in [0.29, 0.717) is 18.8 Å². The summed E-state index contributed by atoms with van der Waals surface area (Å²) >= 11 is 1.26. The van der Waals surface area contributed by atoms with Crippen LogP contribution < -0.4 is 0 Å². The molecule has 0 aromatic carbocycles. The van der Waals surface area contributed by atoms with Crippen LogP contribution in [0.1, 0.15) is 30.1 Å². The summed E-state index contributed by atoms with van der Waals surface area (Å²) in [7, 11) is -3.17. The first-order valence-electron chi connectivity index (χ1n) is 6.66. The molecule has 0 unspecified atom stereocenters. The van der Waals surface area contributed by atoms with Crippen LogP contribution in [0.5, 0.6) is 0 Å². The van der Waals surface area contributed by atoms with E-state index in [2.05, 4.69) is 14.7 Å². The van der Waals surface area contributed by atoms with Gasteiger partial charge in [0.05, 0.1) is 17.6 Å². The predicted octanol–water partition coefficient (Wildman–Crippen LogP) is 1.64. The van der Waals surface area contributed by atoms with Gasteiger partial charge in [-0.1, -0.05) is 9.64 Å². The van der Waals surface area contributed by atoms with Gasteiger partial charge in [0.25, 0.3) is 0 Å². The van der Waals surface area contributed by atoms with Gasteiger partial charge in [0.2, 0.25) is 10.0 Å². The average molecular weight is 328 g/mol. The summed E-state index contributed by atoms with van der Waals surface area (Å²) < 4.78 is 34.2. The molecule has 21 heavy (non-hydrogen) atoms. The summed E-state index contributed by atoms with van der Waals surface area (Å²) in [6.07, 6.45) is 2.97. The largest absolute Gasteiger partial charge is 0.355 e. The highest BCUT2D eigenvalue weighted by atomic mass is 32.2. The van der Waals surface area contributed by atoms with Crippen LogP contribution in [0.25, 0.3) is 10.6 Å². The lowest BCUT2D eigenvalue weighted by Gasteiger charge is -2.30. The number of aryl methyl sites for hydroxylation is 1. The van der Waals surface area contributed by atoms with Crippen LogP contribution in [0.15, 0.2) is 10.6 Å². The zero-order valence-electron chi connectivity index (χ0n) is 11.8. The van der Waals surface area contributed by atoms with Gasteiger partial charge in [-0.05, 0) is 31.3 Å². The minimum absolute atomic E-state index is 0.0487. The lowest BCUT2D eigenvalue weighted by molar-refractivity contribution is 0.314. The molecule has 2 aromatic heterocycles. The maximum absolute atomic E-state index is 11.7. The second-order valence-corrected chi connectivity index (χ2v) is 8.02. The molecule has 7 nitrogen and oxygen atoms in total. The van der Waals surface area contributed by atoms with Crippen molar-refractivity contribution in [1.29, 1.82) is 0 Å². The van der Waals surface area contributed by atoms with Gasteiger partial charge in [-0.2, -0.15) is 0 Å². The summed E-state index contributed by atoms with van der Waals surface area (Å²) in [5.74, 6) is 0.696. The number of nitrogens with zero attached hydrogens (tertiary/aromatic N) is 4. The molecule has 0 spiro atoms. The SMILES string of the molecule is Cc1cc(-c2snnc2[C@H]2CCCN(S(C)(=O)=O)C2)on1. The first-order valence-corrected chi connectivity index (χ1v) is 9.28. The Morgan fingerprint density at radius 1 is 1.48 bits per heavy atom. The van der Waals surface area contributed by atoms with Crippen molar-refractivity contribution in [3.63, 3.8) is 0 Å². The Labute approximate surface area is 127 Å². The lowest BCUT2D eigenvalue weighted by Crippen LogP contribution is -2.38. The van der Waals surface area contributed by atoms with Gasteiger partial charge >= 0.3 is 0 Å². The molecule has 3 heterocycles. The highest BCUT2D eigenvalue weighted by Crippen LogP contribution is 2.35. The summed E-state index contributed by atoms with van der Waals surface area (Å²) in [6, 6.07) is 1.84. The summed E-state index contributed by atoms with van der Waals surface area (Å²) in [6.45, 7) is 2.88. The molecule has 1 saturated heterocycles. The lowest BCUT2D eigenvalue weighted by atomic mass is 9.95. The van der Waals surface area contributed by atoms with Crippen molar-refractivity contribution in [2.24, 2.45) is 0 Å². The third kappa shape index (κ3) is 2.99. The Bertz CT molecular complexity index is 737. The van der Waals surface area contributed by atoms with Gasteiger partial charge < -0.3 is 4.52 Å². The number of aromatic nitrogens is 3. The summed E-state index contributed by atoms with van der Waals surface area (Å²) in [5, 5.41) is 8.08. The monoisotopic (exact) mass is 328 g/mol. The predicted molar refractivity (Wildman–Crippen MR) is 78.5 cm³/mol. The van der Waals surface area contributed by atoms with Gasteiger partial charge in [-0.25, -0.2) is 12.7 Å². The Balaban J connectivity index is 1.89. The number of piperidine rings is 1. The highest BCUT2D eigenvalue weighted by Gasteiger charge is 2.31. The molecule has 0 N–H and O–H groups in total. The van der Waals surface area contributed by atoms with Crippen LogP contribution in [-0.4, -0.2) is 46.8 Å². The molecular weight excluding hydrogens is 312 g/mol. The molecule has 1 atom stereocenters. The Hall–Kier alpha value is -1.32. The van der Waals surface area contributed by atoms with Crippen molar-refractivity contribution in [2.45, 2.75) is 25.7 Å². The van der Waals surface area contributed by atoms with Gasteiger partial charge in [-0.3, -0.25) is 0 Å². The Morgan fingerprint density at radius 3 is 2.95 bits per heavy atom. The van der Waals surface area contributed by atoms with Crippen molar-refractivity contribution in [2.75, 3.05) is 19.3 Å². The standard InChI is InChI=1S/C12H16N4O3S2/c1-8-6-10(19-14-8)12-11(13-15-20-12)9-4-3-5-16(7-9)21(2,17)18/h6,9H,3-5,7H2,1-2H3/t9-/m0/s1. The molecule has 9 heteroatoms. The number of rotatable bonds is 3. The molecule has 0 radical (unpaired) electrons. The third-order valence-corrected chi connectivity index (χ3v) is 5.63. The van der Waals surface area contributed by atoms with Crippen LogP contribution >= 0.6 is 11.5 Å². The van der Waals surface area contributed by atoms with Gasteiger partial charge in [-0.15, -0.1) is 5.10 Å². The minimum Gasteiger partial charge on any atom is -0.355 e. The van der Waals surface area contributed by atoms with Gasteiger partial charge in [0.15, 0.2) is 5.76 Å². The Kier molecular flexibility index (Phi) is 3.80. The van der Waals surface area contributed by atoms with E-state index in [-0.39, 0.29) is 5.92 Å². The normalized spacial score (nSPS) is 20.8. The van der Waals surface area contributed by atoms with E-state index in [1.165, 1.54) is 22.1 Å². The van der Waals surface area contributed by atoms with Crippen LogP contribution in [0.3, 0.4) is 0 Å². The quantitative estimate of drug-likeness (QED) is 0.851. The molecule has 1 aliphatic rings. The first-order chi connectivity index (χ1) is 9.95. The molecule has 0 bridgehead atoms. The minimum atomic E-state index is -3.17. The first kappa shape index (κ1) is 14.6. The van der Waals surface area contributed by atoms with Crippen molar-refractivity contribution in [1.82, 2.24) is 19.0 Å². The second kappa shape index (κ2) is 5.47. The fraction of sp³-hybridized carbons (Fsp3) is 0.583. The number of hydrogen-bond donors (Lipinski definition) is 0. The van der Waals surface area contributed by atoms with Crippen molar-refractivity contribution >= 4 is 21.6 Å². The molecule has 2 aromatic rings. The molecular formula is C12H16N4O3S2. The molecule has 1 aliphatic heterocycles. The topological polar surface area (TPSA) is 89.2 Å². The number of sulfonamides is 1. The third-order valence-electron chi connectivity index (χ3n) is 3.60. The van der Waals surface area contributed by atoms with E-state index in [0.717, 1.165) is 29.1 Å². The Morgan fingerprint density at radius 2 is 2.29 bits per heavy atom. The highest BCUT2D eigenvalue weighted by molar-refractivity contribution is 7.88. The van der Waals surface area contributed by atoms with Gasteiger partial charge in [0.1, 0.15) is 4.88 Å². The van der Waals surface area contributed by atoms with Crippen LogP contribution in [0, 0.1) is 6.92 Å². The smallest absolute Gasteiger partial charge is 0.211 e. The van der Waals surface area contributed by atoms with Crippen molar-refractivity contribution < 1.29 is 12.9 Å².